The quantitative estimate of drug-likeness (QED) is 0.556. The second-order valence-electron chi connectivity index (χ2n) is 5.66. The summed E-state index contributed by atoms with van der Waals surface area (Å²) >= 11 is 1.42. The van der Waals surface area contributed by atoms with Gasteiger partial charge in [0.15, 0.2) is 5.13 Å². The van der Waals surface area contributed by atoms with E-state index in [9.17, 15) is 9.59 Å². The van der Waals surface area contributed by atoms with Crippen LogP contribution in [0.5, 0.6) is 0 Å². The van der Waals surface area contributed by atoms with Crippen molar-refractivity contribution in [3.63, 3.8) is 0 Å². The van der Waals surface area contributed by atoms with Crippen LogP contribution in [-0.2, 0) is 17.6 Å². The Morgan fingerprint density at radius 3 is 2.88 bits per heavy atom. The summed E-state index contributed by atoms with van der Waals surface area (Å²) in [5.41, 5.74) is 8.08. The molecule has 0 fully saturated rings. The third kappa shape index (κ3) is 4.63. The number of H-pyrrole nitrogens is 1. The monoisotopic (exact) mass is 357 g/mol. The SMILES string of the molecule is Nc1nc(CCCNC(=O)CCc2nc3ccccc3[nH]c2=O)cs1. The molecule has 4 N–H and O–H groups in total. The first-order valence-electron chi connectivity index (χ1n) is 8.06. The summed E-state index contributed by atoms with van der Waals surface area (Å²) in [7, 11) is 0. The average molecular weight is 357 g/mol. The molecule has 0 aliphatic carbocycles. The van der Waals surface area contributed by atoms with E-state index in [0.717, 1.165) is 24.1 Å². The number of aromatic amines is 1. The maximum absolute atomic E-state index is 12.0. The minimum atomic E-state index is -0.243. The van der Waals surface area contributed by atoms with Gasteiger partial charge in [-0.1, -0.05) is 12.1 Å². The molecule has 0 saturated heterocycles. The Labute approximate surface area is 148 Å². The topological polar surface area (TPSA) is 114 Å². The van der Waals surface area contributed by atoms with Gasteiger partial charge in [0.05, 0.1) is 16.7 Å². The molecule has 1 aromatic carbocycles. The van der Waals surface area contributed by atoms with Gasteiger partial charge in [0.25, 0.3) is 5.56 Å². The van der Waals surface area contributed by atoms with Gasteiger partial charge in [-0.3, -0.25) is 9.59 Å². The van der Waals surface area contributed by atoms with E-state index >= 15 is 0 Å². The van der Waals surface area contributed by atoms with E-state index in [2.05, 4.69) is 20.3 Å². The Morgan fingerprint density at radius 1 is 1.24 bits per heavy atom. The fraction of sp³-hybridized carbons (Fsp3) is 0.294. The molecule has 0 aliphatic rings. The molecule has 3 aromatic rings. The molecule has 0 spiro atoms. The Bertz CT molecular complexity index is 934. The number of nitrogen functional groups attached to an aromatic ring is 1. The smallest absolute Gasteiger partial charge is 0.270 e. The van der Waals surface area contributed by atoms with Crippen molar-refractivity contribution >= 4 is 33.4 Å². The molecule has 130 valence electrons. The highest BCUT2D eigenvalue weighted by molar-refractivity contribution is 7.13. The Morgan fingerprint density at radius 2 is 2.08 bits per heavy atom. The van der Waals surface area contributed by atoms with E-state index in [1.807, 2.05) is 23.6 Å². The molecule has 0 atom stereocenters. The van der Waals surface area contributed by atoms with Gasteiger partial charge < -0.3 is 16.0 Å². The lowest BCUT2D eigenvalue weighted by Gasteiger charge is -2.05. The minimum absolute atomic E-state index is 0.0906. The van der Waals surface area contributed by atoms with Gasteiger partial charge in [0.2, 0.25) is 5.91 Å². The molecular formula is C17H19N5O2S. The van der Waals surface area contributed by atoms with Crippen molar-refractivity contribution in [3.05, 3.63) is 51.4 Å². The molecule has 0 saturated carbocycles. The number of carbonyl (C=O) groups excluding carboxylic acids is 1. The van der Waals surface area contributed by atoms with Crippen molar-refractivity contribution in [2.24, 2.45) is 0 Å². The number of thiazole rings is 1. The van der Waals surface area contributed by atoms with Crippen molar-refractivity contribution in [1.82, 2.24) is 20.3 Å². The zero-order valence-electron chi connectivity index (χ0n) is 13.6. The molecule has 2 heterocycles. The summed E-state index contributed by atoms with van der Waals surface area (Å²) < 4.78 is 0. The molecule has 1 amide bonds. The third-order valence-corrected chi connectivity index (χ3v) is 4.48. The number of hydrogen-bond acceptors (Lipinski definition) is 6. The van der Waals surface area contributed by atoms with E-state index in [1.165, 1.54) is 11.3 Å². The van der Waals surface area contributed by atoms with Crippen molar-refractivity contribution in [2.45, 2.75) is 25.7 Å². The molecule has 3 rings (SSSR count). The van der Waals surface area contributed by atoms with E-state index < -0.39 is 0 Å². The lowest BCUT2D eigenvalue weighted by atomic mass is 10.2. The number of fused-ring (bicyclic) bond motifs is 1. The van der Waals surface area contributed by atoms with Gasteiger partial charge in [0, 0.05) is 24.8 Å². The predicted octanol–water partition coefficient (Wildman–Crippen LogP) is 1.64. The molecular weight excluding hydrogens is 338 g/mol. The normalized spacial score (nSPS) is 10.9. The first kappa shape index (κ1) is 17.1. The van der Waals surface area contributed by atoms with Crippen LogP contribution in [-0.4, -0.2) is 27.4 Å². The summed E-state index contributed by atoms with van der Waals surface area (Å²) in [6, 6.07) is 7.34. The van der Waals surface area contributed by atoms with Crippen molar-refractivity contribution in [1.29, 1.82) is 0 Å². The number of carbonyl (C=O) groups is 1. The number of hydrogen-bond donors (Lipinski definition) is 3. The lowest BCUT2D eigenvalue weighted by molar-refractivity contribution is -0.121. The highest BCUT2D eigenvalue weighted by Crippen LogP contribution is 2.12. The molecule has 0 radical (unpaired) electrons. The number of para-hydroxylation sites is 2. The molecule has 8 heteroatoms. The molecule has 0 aliphatic heterocycles. The van der Waals surface area contributed by atoms with Crippen LogP contribution in [0.2, 0.25) is 0 Å². The largest absolute Gasteiger partial charge is 0.375 e. The lowest BCUT2D eigenvalue weighted by Crippen LogP contribution is -2.26. The van der Waals surface area contributed by atoms with E-state index in [1.54, 1.807) is 6.07 Å². The second-order valence-corrected chi connectivity index (χ2v) is 6.55. The van der Waals surface area contributed by atoms with Crippen LogP contribution in [0.1, 0.15) is 24.2 Å². The molecule has 7 nitrogen and oxygen atoms in total. The summed E-state index contributed by atoms with van der Waals surface area (Å²) in [4.78, 5) is 35.2. The van der Waals surface area contributed by atoms with Gasteiger partial charge in [-0.15, -0.1) is 11.3 Å². The number of nitrogens with one attached hydrogen (secondary N) is 2. The molecule has 2 aromatic heterocycles. The number of nitrogens with zero attached hydrogens (tertiary/aromatic N) is 2. The average Bonchev–Trinajstić information content (AvgIpc) is 3.02. The number of rotatable bonds is 7. The Hall–Kier alpha value is -2.74. The second kappa shape index (κ2) is 7.89. The summed E-state index contributed by atoms with van der Waals surface area (Å²) in [6.45, 7) is 0.567. The van der Waals surface area contributed by atoms with Crippen LogP contribution in [0.3, 0.4) is 0 Å². The fourth-order valence-corrected chi connectivity index (χ4v) is 3.09. The molecule has 25 heavy (non-hydrogen) atoms. The van der Waals surface area contributed by atoms with Crippen LogP contribution >= 0.6 is 11.3 Å². The maximum Gasteiger partial charge on any atom is 0.270 e. The van der Waals surface area contributed by atoms with Gasteiger partial charge in [-0.25, -0.2) is 9.97 Å². The van der Waals surface area contributed by atoms with Crippen molar-refractivity contribution < 1.29 is 4.79 Å². The van der Waals surface area contributed by atoms with Gasteiger partial charge in [0.1, 0.15) is 5.69 Å². The maximum atomic E-state index is 12.0. The van der Waals surface area contributed by atoms with Gasteiger partial charge >= 0.3 is 0 Å². The zero-order valence-corrected chi connectivity index (χ0v) is 14.4. The first-order valence-corrected chi connectivity index (χ1v) is 8.94. The minimum Gasteiger partial charge on any atom is -0.375 e. The predicted molar refractivity (Wildman–Crippen MR) is 98.5 cm³/mol. The van der Waals surface area contributed by atoms with Crippen LogP contribution < -0.4 is 16.6 Å². The van der Waals surface area contributed by atoms with Crippen LogP contribution in [0, 0.1) is 0 Å². The number of amides is 1. The van der Waals surface area contributed by atoms with Crippen LogP contribution in [0.4, 0.5) is 5.13 Å². The first-order chi connectivity index (χ1) is 12.1. The number of benzene rings is 1. The summed E-state index contributed by atoms with van der Waals surface area (Å²) in [5.74, 6) is -0.0906. The Kier molecular flexibility index (Phi) is 5.39. The van der Waals surface area contributed by atoms with Gasteiger partial charge in [-0.05, 0) is 25.0 Å². The number of nitrogens with two attached hydrogens (primary N) is 1. The van der Waals surface area contributed by atoms with Crippen LogP contribution in [0.15, 0.2) is 34.4 Å². The molecule has 0 unspecified atom stereocenters. The van der Waals surface area contributed by atoms with Crippen molar-refractivity contribution in [2.75, 3.05) is 12.3 Å². The molecule has 0 bridgehead atoms. The summed E-state index contributed by atoms with van der Waals surface area (Å²) in [5, 5.41) is 5.34. The highest BCUT2D eigenvalue weighted by atomic mass is 32.1. The summed E-state index contributed by atoms with van der Waals surface area (Å²) in [6.07, 6.45) is 2.12. The zero-order chi connectivity index (χ0) is 17.6. The van der Waals surface area contributed by atoms with Gasteiger partial charge in [-0.2, -0.15) is 0 Å². The van der Waals surface area contributed by atoms with Crippen molar-refractivity contribution in [3.8, 4) is 0 Å². The Balaban J connectivity index is 1.46. The standard InChI is InChI=1S/C17H19N5O2S/c18-17-20-11(10-25-17)4-3-9-19-15(23)8-7-14-16(24)22-13-6-2-1-5-12(13)21-14/h1-2,5-6,10H,3-4,7-9H2,(H2,18,20)(H,19,23)(H,22,24). The number of aromatic nitrogens is 3. The van der Waals surface area contributed by atoms with Crippen LogP contribution in [0.25, 0.3) is 11.0 Å². The number of aryl methyl sites for hydroxylation is 2. The van der Waals surface area contributed by atoms with E-state index in [-0.39, 0.29) is 17.9 Å². The third-order valence-electron chi connectivity index (χ3n) is 3.76. The fourth-order valence-electron chi connectivity index (χ4n) is 2.49. The van der Waals surface area contributed by atoms with E-state index in [4.69, 9.17) is 5.73 Å². The van der Waals surface area contributed by atoms with E-state index in [0.29, 0.717) is 29.3 Å². The number of anilines is 1. The highest BCUT2D eigenvalue weighted by Gasteiger charge is 2.08.